The average Bonchev–Trinajstić information content (AvgIpc) is 3.10. The van der Waals surface area contributed by atoms with Gasteiger partial charge in [0.2, 0.25) is 0 Å². The largest absolute Gasteiger partial charge is 0.427 e. The molecule has 3 aromatic rings. The van der Waals surface area contributed by atoms with Gasteiger partial charge in [0, 0.05) is 32.2 Å². The Morgan fingerprint density at radius 3 is 2.60 bits per heavy atom. The molecule has 0 atom stereocenters. The predicted octanol–water partition coefficient (Wildman–Crippen LogP) is 0.806. The minimum Gasteiger partial charge on any atom is -0.427 e. The molecule has 10 nitrogen and oxygen atoms in total. The number of nitrogens with zero attached hydrogens (tertiary/aromatic N) is 5. The molecular formula is C20H24N6O4. The molecule has 0 saturated carbocycles. The van der Waals surface area contributed by atoms with E-state index >= 15 is 0 Å². The zero-order valence-corrected chi connectivity index (χ0v) is 16.7. The number of nitrogens with two attached hydrogens (primary N) is 1. The number of amides is 1. The Hall–Kier alpha value is -3.24. The SMILES string of the molecule is Cn1nc2c(=O)n(COC(=O)N3CCC(O)CC3)cnc2c1-c1ccc(CN)cc1. The Morgan fingerprint density at radius 1 is 1.23 bits per heavy atom. The first-order valence-electron chi connectivity index (χ1n) is 9.79. The number of aliphatic hydroxyl groups is 1. The maximum absolute atomic E-state index is 12.9. The molecule has 1 amide bonds. The molecule has 4 rings (SSSR count). The van der Waals surface area contributed by atoms with E-state index < -0.39 is 6.09 Å². The van der Waals surface area contributed by atoms with Crippen LogP contribution in [0.2, 0.25) is 0 Å². The van der Waals surface area contributed by atoms with Gasteiger partial charge >= 0.3 is 6.09 Å². The first-order valence-corrected chi connectivity index (χ1v) is 9.79. The van der Waals surface area contributed by atoms with Crippen LogP contribution >= 0.6 is 0 Å². The van der Waals surface area contributed by atoms with Gasteiger partial charge in [0.15, 0.2) is 12.2 Å². The van der Waals surface area contributed by atoms with Crippen LogP contribution in [-0.2, 0) is 25.1 Å². The maximum Gasteiger partial charge on any atom is 0.411 e. The van der Waals surface area contributed by atoms with Crippen LogP contribution < -0.4 is 11.3 Å². The Morgan fingerprint density at radius 2 is 1.93 bits per heavy atom. The quantitative estimate of drug-likeness (QED) is 0.649. The first-order chi connectivity index (χ1) is 14.5. The van der Waals surface area contributed by atoms with Crippen LogP contribution in [0, 0.1) is 0 Å². The van der Waals surface area contributed by atoms with Crippen LogP contribution in [-0.4, -0.2) is 54.6 Å². The number of hydrogen-bond donors (Lipinski definition) is 2. The third-order valence-corrected chi connectivity index (χ3v) is 5.32. The van der Waals surface area contributed by atoms with Gasteiger partial charge in [-0.15, -0.1) is 0 Å². The van der Waals surface area contributed by atoms with Crippen LogP contribution in [0.4, 0.5) is 4.79 Å². The molecule has 158 valence electrons. The van der Waals surface area contributed by atoms with E-state index in [-0.39, 0.29) is 23.9 Å². The molecule has 0 radical (unpaired) electrons. The molecule has 2 aromatic heterocycles. The van der Waals surface area contributed by atoms with Gasteiger partial charge in [-0.2, -0.15) is 5.10 Å². The topological polar surface area (TPSA) is 128 Å². The van der Waals surface area contributed by atoms with Crippen molar-refractivity contribution in [3.8, 4) is 11.3 Å². The molecule has 0 spiro atoms. The van der Waals surface area contributed by atoms with E-state index in [4.69, 9.17) is 10.5 Å². The van der Waals surface area contributed by atoms with Gasteiger partial charge in [-0.05, 0) is 18.4 Å². The van der Waals surface area contributed by atoms with Crippen molar-refractivity contribution in [2.75, 3.05) is 13.1 Å². The lowest BCUT2D eigenvalue weighted by Gasteiger charge is -2.28. The van der Waals surface area contributed by atoms with E-state index in [1.807, 2.05) is 24.3 Å². The van der Waals surface area contributed by atoms with Crippen LogP contribution in [0.3, 0.4) is 0 Å². The van der Waals surface area contributed by atoms with Crippen LogP contribution in [0.15, 0.2) is 35.4 Å². The predicted molar refractivity (Wildman–Crippen MR) is 109 cm³/mol. The summed E-state index contributed by atoms with van der Waals surface area (Å²) >= 11 is 0. The van der Waals surface area contributed by atoms with Gasteiger partial charge < -0.3 is 20.5 Å². The Bertz CT molecular complexity index is 1110. The van der Waals surface area contributed by atoms with Crippen molar-refractivity contribution in [2.24, 2.45) is 12.8 Å². The number of aromatic nitrogens is 4. The first kappa shape index (κ1) is 20.0. The number of benzene rings is 1. The summed E-state index contributed by atoms with van der Waals surface area (Å²) in [7, 11) is 1.75. The van der Waals surface area contributed by atoms with E-state index in [0.29, 0.717) is 38.0 Å². The second kappa shape index (κ2) is 8.25. The van der Waals surface area contributed by atoms with E-state index in [9.17, 15) is 14.7 Å². The van der Waals surface area contributed by atoms with Gasteiger partial charge in [-0.3, -0.25) is 14.0 Å². The molecular weight excluding hydrogens is 388 g/mol. The van der Waals surface area contributed by atoms with Crippen molar-refractivity contribution in [1.29, 1.82) is 0 Å². The third-order valence-electron chi connectivity index (χ3n) is 5.32. The van der Waals surface area contributed by atoms with Crippen molar-refractivity contribution in [3.63, 3.8) is 0 Å². The van der Waals surface area contributed by atoms with Crippen molar-refractivity contribution < 1.29 is 14.6 Å². The molecule has 1 saturated heterocycles. The number of carbonyl (C=O) groups is 1. The smallest absolute Gasteiger partial charge is 0.411 e. The molecule has 1 fully saturated rings. The summed E-state index contributed by atoms with van der Waals surface area (Å²) in [6.45, 7) is 1.06. The van der Waals surface area contributed by atoms with Crippen LogP contribution in [0.5, 0.6) is 0 Å². The number of likely N-dealkylation sites (tertiary alicyclic amines) is 1. The zero-order valence-electron chi connectivity index (χ0n) is 16.7. The van der Waals surface area contributed by atoms with Crippen molar-refractivity contribution >= 4 is 17.1 Å². The Balaban J connectivity index is 1.56. The molecule has 1 aromatic carbocycles. The molecule has 0 unspecified atom stereocenters. The zero-order chi connectivity index (χ0) is 21.3. The molecule has 1 aliphatic rings. The average molecular weight is 412 g/mol. The summed E-state index contributed by atoms with van der Waals surface area (Å²) in [5.41, 5.74) is 8.56. The lowest BCUT2D eigenvalue weighted by molar-refractivity contribution is 0.0442. The van der Waals surface area contributed by atoms with Gasteiger partial charge in [0.25, 0.3) is 5.56 Å². The fraction of sp³-hybridized carbons (Fsp3) is 0.400. The van der Waals surface area contributed by atoms with E-state index in [2.05, 4.69) is 10.1 Å². The lowest BCUT2D eigenvalue weighted by Crippen LogP contribution is -2.40. The fourth-order valence-electron chi connectivity index (χ4n) is 3.57. The van der Waals surface area contributed by atoms with Crippen molar-refractivity contribution in [1.82, 2.24) is 24.2 Å². The minimum atomic E-state index is -0.518. The summed E-state index contributed by atoms with van der Waals surface area (Å²) < 4.78 is 8.09. The highest BCUT2D eigenvalue weighted by atomic mass is 16.6. The third kappa shape index (κ3) is 3.79. The molecule has 0 aliphatic carbocycles. The number of aryl methyl sites for hydroxylation is 1. The van der Waals surface area contributed by atoms with Gasteiger partial charge in [-0.1, -0.05) is 24.3 Å². The summed E-state index contributed by atoms with van der Waals surface area (Å²) in [5.74, 6) is 0. The maximum atomic E-state index is 12.9. The highest BCUT2D eigenvalue weighted by Crippen LogP contribution is 2.25. The van der Waals surface area contributed by atoms with E-state index in [1.165, 1.54) is 15.8 Å². The molecule has 30 heavy (non-hydrogen) atoms. The standard InChI is InChI=1S/C20H24N6O4/c1-24-18(14-4-2-13(10-21)3-5-14)16-17(23-24)19(28)26(11-22-16)12-30-20(29)25-8-6-15(27)7-9-25/h2-5,11,15,27H,6-10,12,21H2,1H3. The van der Waals surface area contributed by atoms with Crippen molar-refractivity contribution in [3.05, 3.63) is 46.5 Å². The normalized spacial score (nSPS) is 15.0. The molecule has 10 heteroatoms. The molecule has 1 aliphatic heterocycles. The summed E-state index contributed by atoms with van der Waals surface area (Å²) in [6, 6.07) is 7.69. The molecule has 0 bridgehead atoms. The summed E-state index contributed by atoms with van der Waals surface area (Å²) in [4.78, 5) is 31.0. The van der Waals surface area contributed by atoms with Crippen LogP contribution in [0.25, 0.3) is 22.3 Å². The number of rotatable bonds is 4. The number of piperidine rings is 1. The van der Waals surface area contributed by atoms with E-state index in [0.717, 1.165) is 16.8 Å². The van der Waals surface area contributed by atoms with Gasteiger partial charge in [0.05, 0.1) is 11.8 Å². The number of fused-ring (bicyclic) bond motifs is 1. The highest BCUT2D eigenvalue weighted by molar-refractivity contribution is 5.89. The van der Waals surface area contributed by atoms with E-state index in [1.54, 1.807) is 11.7 Å². The number of aliphatic hydroxyl groups excluding tert-OH is 1. The summed E-state index contributed by atoms with van der Waals surface area (Å²) in [5, 5.41) is 13.9. The lowest BCUT2D eigenvalue weighted by atomic mass is 10.1. The van der Waals surface area contributed by atoms with Crippen molar-refractivity contribution in [2.45, 2.75) is 32.2 Å². The second-order valence-electron chi connectivity index (χ2n) is 7.35. The Kier molecular flexibility index (Phi) is 5.51. The number of hydrogen-bond acceptors (Lipinski definition) is 7. The molecule has 3 heterocycles. The minimum absolute atomic E-state index is 0.204. The second-order valence-corrected chi connectivity index (χ2v) is 7.35. The van der Waals surface area contributed by atoms with Crippen LogP contribution in [0.1, 0.15) is 18.4 Å². The fourth-order valence-corrected chi connectivity index (χ4v) is 3.57. The van der Waals surface area contributed by atoms with Gasteiger partial charge in [-0.25, -0.2) is 9.78 Å². The summed E-state index contributed by atoms with van der Waals surface area (Å²) in [6.07, 6.45) is 1.50. The number of carbonyl (C=O) groups excluding carboxylic acids is 1. The monoisotopic (exact) mass is 412 g/mol. The highest BCUT2D eigenvalue weighted by Gasteiger charge is 2.23. The Labute approximate surface area is 172 Å². The molecule has 3 N–H and O–H groups in total. The number of ether oxygens (including phenoxy) is 1. The van der Waals surface area contributed by atoms with Gasteiger partial charge in [0.1, 0.15) is 11.8 Å².